The first-order valence-electron chi connectivity index (χ1n) is 12.9. The first-order chi connectivity index (χ1) is 18.9. The summed E-state index contributed by atoms with van der Waals surface area (Å²) in [6.07, 6.45) is 1.17. The largest absolute Gasteiger partial charge is 0.497 e. The number of amidine groups is 2. The molecule has 0 saturated carbocycles. The van der Waals surface area contributed by atoms with E-state index in [1.54, 1.807) is 14.2 Å². The number of fused-ring (bicyclic) bond motifs is 3. The molecule has 0 aliphatic carbocycles. The van der Waals surface area contributed by atoms with Crippen molar-refractivity contribution < 1.29 is 23.9 Å². The number of carbonyl (C=O) groups is 3. The molecule has 2 aromatic rings. The lowest BCUT2D eigenvalue weighted by atomic mass is 10.1. The molecule has 0 saturated heterocycles. The number of para-hydroxylation sites is 1. The molecule has 2 N–H and O–H groups in total. The van der Waals surface area contributed by atoms with Crippen molar-refractivity contribution in [1.29, 1.82) is 0 Å². The van der Waals surface area contributed by atoms with Crippen LogP contribution < -0.4 is 15.4 Å². The van der Waals surface area contributed by atoms with Crippen molar-refractivity contribution in [3.8, 4) is 5.75 Å². The first kappa shape index (κ1) is 28.3. The molecular formula is C28H33N5O5S. The Morgan fingerprint density at radius 3 is 2.59 bits per heavy atom. The molecule has 0 radical (unpaired) electrons. The van der Waals surface area contributed by atoms with Gasteiger partial charge in [0, 0.05) is 32.4 Å². The van der Waals surface area contributed by atoms with Crippen LogP contribution in [0, 0.1) is 0 Å². The number of ether oxygens (including phenoxy) is 2. The zero-order valence-corrected chi connectivity index (χ0v) is 23.1. The van der Waals surface area contributed by atoms with Crippen LogP contribution in [-0.2, 0) is 25.7 Å². The molecule has 39 heavy (non-hydrogen) atoms. The minimum atomic E-state index is -0.879. The quantitative estimate of drug-likeness (QED) is 0.391. The minimum absolute atomic E-state index is 0.0910. The van der Waals surface area contributed by atoms with Crippen LogP contribution in [0.4, 0.5) is 5.69 Å². The predicted molar refractivity (Wildman–Crippen MR) is 151 cm³/mol. The molecule has 206 valence electrons. The van der Waals surface area contributed by atoms with E-state index in [2.05, 4.69) is 15.6 Å². The van der Waals surface area contributed by atoms with Gasteiger partial charge in [-0.05, 0) is 42.7 Å². The van der Waals surface area contributed by atoms with Crippen LogP contribution in [0.1, 0.15) is 37.3 Å². The number of amides is 3. The highest BCUT2D eigenvalue weighted by Gasteiger charge is 2.43. The molecule has 2 aromatic carbocycles. The van der Waals surface area contributed by atoms with E-state index in [1.165, 1.54) is 16.7 Å². The summed E-state index contributed by atoms with van der Waals surface area (Å²) in [5.41, 5.74) is 2.30. The van der Waals surface area contributed by atoms with Gasteiger partial charge in [-0.3, -0.25) is 19.4 Å². The monoisotopic (exact) mass is 551 g/mol. The number of carbonyl (C=O) groups excluding carboxylic acids is 3. The molecule has 4 rings (SSSR count). The van der Waals surface area contributed by atoms with Gasteiger partial charge in [-0.2, -0.15) is 0 Å². The van der Waals surface area contributed by atoms with Crippen LogP contribution in [0.25, 0.3) is 0 Å². The average Bonchev–Trinajstić information content (AvgIpc) is 3.28. The third-order valence-electron chi connectivity index (χ3n) is 6.31. The van der Waals surface area contributed by atoms with E-state index in [9.17, 15) is 14.4 Å². The molecule has 0 fully saturated rings. The smallest absolute Gasteiger partial charge is 0.259 e. The van der Waals surface area contributed by atoms with Crippen molar-refractivity contribution in [3.63, 3.8) is 0 Å². The van der Waals surface area contributed by atoms with Crippen molar-refractivity contribution in [2.75, 3.05) is 27.4 Å². The molecule has 2 aliphatic rings. The molecule has 11 heteroatoms. The number of methoxy groups -OCH3 is 2. The lowest BCUT2D eigenvalue weighted by molar-refractivity contribution is -0.128. The number of aliphatic imine (C=N–C) groups is 2. The fraction of sp³-hybridized carbons (Fsp3) is 0.393. The molecule has 0 bridgehead atoms. The van der Waals surface area contributed by atoms with Gasteiger partial charge in [0.05, 0.1) is 24.5 Å². The Balaban J connectivity index is 1.46. The van der Waals surface area contributed by atoms with Crippen LogP contribution in [0.15, 0.2) is 58.5 Å². The normalized spacial score (nSPS) is 16.5. The zero-order chi connectivity index (χ0) is 27.8. The molecule has 10 nitrogen and oxygen atoms in total. The Morgan fingerprint density at radius 2 is 1.87 bits per heavy atom. The minimum Gasteiger partial charge on any atom is -0.497 e. The van der Waals surface area contributed by atoms with Crippen LogP contribution >= 0.6 is 11.8 Å². The molecule has 2 unspecified atom stereocenters. The highest BCUT2D eigenvalue weighted by atomic mass is 32.2. The highest BCUT2D eigenvalue weighted by molar-refractivity contribution is 8.15. The van der Waals surface area contributed by atoms with Gasteiger partial charge in [0.2, 0.25) is 11.8 Å². The number of nitrogens with zero attached hydrogens (tertiary/aromatic N) is 3. The standard InChI is InChI=1S/C28H33N5O5S/c1-4-23(26(35)29-14-7-15-37-2)39-28-32-21-9-6-5-8-20(21)25-31-22(27(36)33(25)28)16-24(34)30-17-18-10-12-19(38-3)13-11-18/h5-6,8-13,22-23H,4,7,14-17H2,1-3H3,(H,29,35)(H,30,34). The summed E-state index contributed by atoms with van der Waals surface area (Å²) in [4.78, 5) is 50.0. The van der Waals surface area contributed by atoms with E-state index < -0.39 is 11.3 Å². The zero-order valence-electron chi connectivity index (χ0n) is 22.3. The lowest BCUT2D eigenvalue weighted by Gasteiger charge is -2.27. The van der Waals surface area contributed by atoms with Gasteiger partial charge in [-0.25, -0.2) is 9.89 Å². The van der Waals surface area contributed by atoms with Crippen LogP contribution in [0.5, 0.6) is 5.75 Å². The summed E-state index contributed by atoms with van der Waals surface area (Å²) in [6.45, 7) is 3.31. The van der Waals surface area contributed by atoms with E-state index in [1.807, 2.05) is 55.5 Å². The summed E-state index contributed by atoms with van der Waals surface area (Å²) < 4.78 is 10.2. The maximum absolute atomic E-state index is 13.5. The number of benzene rings is 2. The first-order valence-corrected chi connectivity index (χ1v) is 13.8. The Hall–Kier alpha value is -3.70. The highest BCUT2D eigenvalue weighted by Crippen LogP contribution is 2.35. The molecule has 0 aromatic heterocycles. The van der Waals surface area contributed by atoms with Gasteiger partial charge < -0.3 is 20.1 Å². The van der Waals surface area contributed by atoms with Gasteiger partial charge in [0.15, 0.2) is 5.17 Å². The Bertz CT molecular complexity index is 1260. The maximum Gasteiger partial charge on any atom is 0.259 e. The fourth-order valence-corrected chi connectivity index (χ4v) is 5.24. The predicted octanol–water partition coefficient (Wildman–Crippen LogP) is 3.02. The van der Waals surface area contributed by atoms with Gasteiger partial charge >= 0.3 is 0 Å². The van der Waals surface area contributed by atoms with E-state index in [4.69, 9.17) is 14.5 Å². The van der Waals surface area contributed by atoms with Gasteiger partial charge in [-0.15, -0.1) is 0 Å². The van der Waals surface area contributed by atoms with E-state index in [0.717, 1.165) is 11.3 Å². The second-order valence-electron chi connectivity index (χ2n) is 9.03. The van der Waals surface area contributed by atoms with E-state index in [0.29, 0.717) is 54.8 Å². The maximum atomic E-state index is 13.5. The molecule has 0 spiro atoms. The van der Waals surface area contributed by atoms with Gasteiger partial charge in [-0.1, -0.05) is 43.0 Å². The second-order valence-corrected chi connectivity index (χ2v) is 10.2. The number of hydrogen-bond donors (Lipinski definition) is 2. The summed E-state index contributed by atoms with van der Waals surface area (Å²) in [6, 6.07) is 13.9. The SMILES string of the molecule is CCC(SC1=Nc2ccccc2C2=NC(CC(=O)NCc3ccc(OC)cc3)C(=O)N12)C(=O)NCCCOC. The topological polar surface area (TPSA) is 122 Å². The van der Waals surface area contributed by atoms with E-state index in [-0.39, 0.29) is 24.1 Å². The number of nitrogens with one attached hydrogen (secondary N) is 2. The Kier molecular flexibility index (Phi) is 9.72. The molecule has 2 aliphatic heterocycles. The fourth-order valence-electron chi connectivity index (χ4n) is 4.20. The molecule has 3 amide bonds. The van der Waals surface area contributed by atoms with Crippen LogP contribution in [0.3, 0.4) is 0 Å². The summed E-state index contributed by atoms with van der Waals surface area (Å²) in [5, 5.41) is 5.73. The van der Waals surface area contributed by atoms with E-state index >= 15 is 0 Å². The number of rotatable bonds is 12. The summed E-state index contributed by atoms with van der Waals surface area (Å²) >= 11 is 1.23. The number of hydrogen-bond acceptors (Lipinski definition) is 8. The molecule has 2 heterocycles. The average molecular weight is 552 g/mol. The van der Waals surface area contributed by atoms with Crippen molar-refractivity contribution in [2.24, 2.45) is 9.98 Å². The van der Waals surface area contributed by atoms with Gasteiger partial charge in [0.1, 0.15) is 17.6 Å². The van der Waals surface area contributed by atoms with Crippen molar-refractivity contribution in [2.45, 2.75) is 44.0 Å². The molecular weight excluding hydrogens is 518 g/mol. The Morgan fingerprint density at radius 1 is 1.10 bits per heavy atom. The third kappa shape index (κ3) is 6.85. The number of thioether (sulfide) groups is 1. The Labute approximate surface area is 232 Å². The van der Waals surface area contributed by atoms with Crippen LogP contribution in [0.2, 0.25) is 0 Å². The molecule has 2 atom stereocenters. The lowest BCUT2D eigenvalue weighted by Crippen LogP contribution is -2.44. The van der Waals surface area contributed by atoms with Crippen LogP contribution in [-0.4, -0.2) is 72.3 Å². The second kappa shape index (κ2) is 13.4. The summed E-state index contributed by atoms with van der Waals surface area (Å²) in [5.74, 6) is 0.449. The van der Waals surface area contributed by atoms with Crippen molar-refractivity contribution >= 4 is 46.2 Å². The third-order valence-corrected chi connectivity index (χ3v) is 7.63. The van der Waals surface area contributed by atoms with Crippen molar-refractivity contribution in [3.05, 3.63) is 59.7 Å². The van der Waals surface area contributed by atoms with Crippen molar-refractivity contribution in [1.82, 2.24) is 15.5 Å². The van der Waals surface area contributed by atoms with Gasteiger partial charge in [0.25, 0.3) is 5.91 Å². The summed E-state index contributed by atoms with van der Waals surface area (Å²) in [7, 11) is 3.22.